The third kappa shape index (κ3) is 4.08. The number of nitrogens with one attached hydrogen (secondary N) is 2. The van der Waals surface area contributed by atoms with Gasteiger partial charge in [0.05, 0.1) is 15.5 Å². The molecule has 2 aliphatic rings. The molecule has 1 amide bonds. The maximum absolute atomic E-state index is 12.2. The van der Waals surface area contributed by atoms with E-state index in [-0.39, 0.29) is 11.8 Å². The van der Waals surface area contributed by atoms with Crippen LogP contribution in [0.4, 0.5) is 5.13 Å². The summed E-state index contributed by atoms with van der Waals surface area (Å²) in [5, 5.41) is 17.9. The second-order valence-electron chi connectivity index (χ2n) is 6.93. The number of anilines is 1. The quantitative estimate of drug-likeness (QED) is 0.597. The van der Waals surface area contributed by atoms with E-state index in [2.05, 4.69) is 27.8 Å². The lowest BCUT2D eigenvalue weighted by Gasteiger charge is -2.18. The van der Waals surface area contributed by atoms with Gasteiger partial charge < -0.3 is 15.7 Å². The fourth-order valence-electron chi connectivity index (χ4n) is 3.73. The molecule has 5 nitrogen and oxygen atoms in total. The number of halogens is 2. The maximum Gasteiger partial charge on any atom is 0.252 e. The SMILES string of the molecule is O=C(NCCc1sc(NC2CC3C=CC2C3)nc1O)c1ccc(Cl)cc1Cl. The lowest BCUT2D eigenvalue weighted by Crippen LogP contribution is -2.25. The molecular weight excluding hydrogens is 405 g/mol. The maximum atomic E-state index is 12.2. The van der Waals surface area contributed by atoms with Crippen LogP contribution in [0.5, 0.6) is 5.88 Å². The van der Waals surface area contributed by atoms with E-state index < -0.39 is 0 Å². The first kappa shape index (κ1) is 18.6. The Kier molecular flexibility index (Phi) is 5.30. The first-order chi connectivity index (χ1) is 13.0. The van der Waals surface area contributed by atoms with Crippen molar-refractivity contribution in [2.75, 3.05) is 11.9 Å². The Morgan fingerprint density at radius 3 is 2.85 bits per heavy atom. The standard InChI is InChI=1S/C19H19Cl2N3O2S/c20-12-3-4-13(14(21)9-12)17(25)22-6-5-16-18(26)24-19(27-16)23-15-8-10-1-2-11(15)7-10/h1-4,9-11,15,26H,5-8H2,(H,22,25)(H,23,24). The highest BCUT2D eigenvalue weighted by atomic mass is 35.5. The number of carbonyl (C=O) groups excluding carboxylic acids is 1. The summed E-state index contributed by atoms with van der Waals surface area (Å²) in [5.74, 6) is 0.996. The summed E-state index contributed by atoms with van der Waals surface area (Å²) >= 11 is 13.3. The van der Waals surface area contributed by atoms with E-state index in [0.29, 0.717) is 46.5 Å². The van der Waals surface area contributed by atoms with Crippen LogP contribution in [0.25, 0.3) is 0 Å². The van der Waals surface area contributed by atoms with Gasteiger partial charge in [0, 0.05) is 24.0 Å². The molecule has 4 rings (SSSR count). The minimum Gasteiger partial charge on any atom is -0.492 e. The largest absolute Gasteiger partial charge is 0.492 e. The van der Waals surface area contributed by atoms with Crippen LogP contribution in [0.15, 0.2) is 30.4 Å². The van der Waals surface area contributed by atoms with Gasteiger partial charge in [-0.15, -0.1) is 0 Å². The molecule has 27 heavy (non-hydrogen) atoms. The molecule has 1 aromatic carbocycles. The van der Waals surface area contributed by atoms with Gasteiger partial charge >= 0.3 is 0 Å². The van der Waals surface area contributed by atoms with Gasteiger partial charge in [-0.3, -0.25) is 4.79 Å². The Hall–Kier alpha value is -1.76. The second-order valence-corrected chi connectivity index (χ2v) is 8.85. The molecule has 0 radical (unpaired) electrons. The summed E-state index contributed by atoms with van der Waals surface area (Å²) in [5.41, 5.74) is 0.376. The molecule has 2 bridgehead atoms. The Bertz CT molecular complexity index is 899. The molecule has 1 aromatic heterocycles. The van der Waals surface area contributed by atoms with Crippen molar-refractivity contribution in [3.05, 3.63) is 50.8 Å². The van der Waals surface area contributed by atoms with Crippen molar-refractivity contribution in [3.8, 4) is 5.88 Å². The van der Waals surface area contributed by atoms with E-state index in [1.165, 1.54) is 23.8 Å². The summed E-state index contributed by atoms with van der Waals surface area (Å²) in [4.78, 5) is 17.2. The van der Waals surface area contributed by atoms with Crippen molar-refractivity contribution in [2.45, 2.75) is 25.3 Å². The van der Waals surface area contributed by atoms with Gasteiger partial charge in [0.25, 0.3) is 5.91 Å². The van der Waals surface area contributed by atoms with Crippen molar-refractivity contribution in [3.63, 3.8) is 0 Å². The third-order valence-electron chi connectivity index (χ3n) is 5.08. The van der Waals surface area contributed by atoms with E-state index in [0.717, 1.165) is 16.4 Å². The van der Waals surface area contributed by atoms with Crippen LogP contribution in [0.1, 0.15) is 28.1 Å². The third-order valence-corrected chi connectivity index (χ3v) is 6.66. The summed E-state index contributed by atoms with van der Waals surface area (Å²) in [6.07, 6.45) is 7.40. The molecule has 8 heteroatoms. The van der Waals surface area contributed by atoms with Gasteiger partial charge in [0.15, 0.2) is 5.13 Å². The Labute approximate surface area is 171 Å². The number of allylic oxidation sites excluding steroid dienone is 1. The number of aromatic nitrogens is 1. The Morgan fingerprint density at radius 2 is 2.15 bits per heavy atom. The second kappa shape index (κ2) is 7.70. The van der Waals surface area contributed by atoms with Gasteiger partial charge in [-0.1, -0.05) is 46.7 Å². The predicted molar refractivity (Wildman–Crippen MR) is 109 cm³/mol. The topological polar surface area (TPSA) is 74.2 Å². The Morgan fingerprint density at radius 1 is 1.30 bits per heavy atom. The number of aromatic hydroxyl groups is 1. The minimum atomic E-state index is -0.271. The monoisotopic (exact) mass is 423 g/mol. The summed E-state index contributed by atoms with van der Waals surface area (Å²) in [6.45, 7) is 0.379. The molecule has 2 aliphatic carbocycles. The number of rotatable bonds is 6. The molecular formula is C19H19Cl2N3O2S. The zero-order valence-electron chi connectivity index (χ0n) is 14.4. The molecule has 0 saturated heterocycles. The van der Waals surface area contributed by atoms with Crippen molar-refractivity contribution in [2.24, 2.45) is 11.8 Å². The lowest BCUT2D eigenvalue weighted by atomic mass is 10.0. The lowest BCUT2D eigenvalue weighted by molar-refractivity contribution is 0.0954. The first-order valence-electron chi connectivity index (χ1n) is 8.86. The smallest absolute Gasteiger partial charge is 0.252 e. The number of amides is 1. The average Bonchev–Trinajstić information content (AvgIpc) is 3.31. The van der Waals surface area contributed by atoms with Crippen molar-refractivity contribution >= 4 is 45.6 Å². The van der Waals surface area contributed by atoms with Gasteiger partial charge in [-0.25, -0.2) is 0 Å². The molecule has 3 atom stereocenters. The highest BCUT2D eigenvalue weighted by molar-refractivity contribution is 7.15. The minimum absolute atomic E-state index is 0.0278. The average molecular weight is 424 g/mol. The zero-order valence-corrected chi connectivity index (χ0v) is 16.7. The molecule has 2 aromatic rings. The number of nitrogens with zero attached hydrogens (tertiary/aromatic N) is 1. The normalized spacial score (nSPS) is 23.0. The molecule has 3 unspecified atom stereocenters. The molecule has 0 aliphatic heterocycles. The van der Waals surface area contributed by atoms with Gasteiger partial charge in [-0.05, 0) is 42.9 Å². The number of fused-ring (bicyclic) bond motifs is 2. The first-order valence-corrected chi connectivity index (χ1v) is 10.4. The molecule has 1 heterocycles. The number of carbonyl (C=O) groups is 1. The highest BCUT2D eigenvalue weighted by Gasteiger charge is 2.36. The number of hydrogen-bond acceptors (Lipinski definition) is 5. The van der Waals surface area contributed by atoms with Crippen LogP contribution in [-0.4, -0.2) is 28.6 Å². The summed E-state index contributed by atoms with van der Waals surface area (Å²) < 4.78 is 0. The van der Waals surface area contributed by atoms with Crippen molar-refractivity contribution < 1.29 is 9.90 Å². The van der Waals surface area contributed by atoms with Crippen LogP contribution in [-0.2, 0) is 6.42 Å². The van der Waals surface area contributed by atoms with Crippen LogP contribution in [0.2, 0.25) is 10.0 Å². The van der Waals surface area contributed by atoms with E-state index in [1.807, 2.05) is 0 Å². The fraction of sp³-hybridized carbons (Fsp3) is 0.368. The van der Waals surface area contributed by atoms with E-state index >= 15 is 0 Å². The van der Waals surface area contributed by atoms with Crippen molar-refractivity contribution in [1.29, 1.82) is 0 Å². The molecule has 1 saturated carbocycles. The zero-order chi connectivity index (χ0) is 19.0. The van der Waals surface area contributed by atoms with Crippen LogP contribution in [0.3, 0.4) is 0 Å². The van der Waals surface area contributed by atoms with Crippen LogP contribution in [0, 0.1) is 11.8 Å². The molecule has 1 fully saturated rings. The predicted octanol–water partition coefficient (Wildman–Crippen LogP) is 4.50. The number of benzene rings is 1. The summed E-state index contributed by atoms with van der Waals surface area (Å²) in [6, 6.07) is 5.15. The van der Waals surface area contributed by atoms with Crippen LogP contribution < -0.4 is 10.6 Å². The fourth-order valence-corrected chi connectivity index (χ4v) is 5.14. The number of hydrogen-bond donors (Lipinski definition) is 3. The van der Waals surface area contributed by atoms with Gasteiger partial charge in [-0.2, -0.15) is 4.98 Å². The molecule has 0 spiro atoms. The van der Waals surface area contributed by atoms with E-state index in [9.17, 15) is 9.90 Å². The highest BCUT2D eigenvalue weighted by Crippen LogP contribution is 2.41. The van der Waals surface area contributed by atoms with E-state index in [4.69, 9.17) is 23.2 Å². The van der Waals surface area contributed by atoms with Crippen molar-refractivity contribution in [1.82, 2.24) is 10.3 Å². The van der Waals surface area contributed by atoms with Gasteiger partial charge in [0.1, 0.15) is 0 Å². The van der Waals surface area contributed by atoms with Gasteiger partial charge in [0.2, 0.25) is 5.88 Å². The molecule has 142 valence electrons. The molecule has 3 N–H and O–H groups in total. The Balaban J connectivity index is 1.31. The van der Waals surface area contributed by atoms with Crippen LogP contribution >= 0.6 is 34.5 Å². The van der Waals surface area contributed by atoms with E-state index in [1.54, 1.807) is 12.1 Å². The number of thiazole rings is 1. The summed E-state index contributed by atoms with van der Waals surface area (Å²) in [7, 11) is 0.